The zero-order chi connectivity index (χ0) is 9.45. The van der Waals surface area contributed by atoms with Crippen molar-refractivity contribution in [3.8, 4) is 0 Å². The molecular weight excluding hydrogens is 156 g/mol. The lowest BCUT2D eigenvalue weighted by molar-refractivity contribution is -0.0371. The van der Waals surface area contributed by atoms with Gasteiger partial charge in [0.1, 0.15) is 0 Å². The van der Waals surface area contributed by atoms with Crippen LogP contribution in [0, 0.1) is 0 Å². The van der Waals surface area contributed by atoms with Crippen LogP contribution in [-0.2, 0) is 9.47 Å². The zero-order valence-electron chi connectivity index (χ0n) is 8.30. The maximum atomic E-state index is 9.25. The second kappa shape index (κ2) is 6.40. The van der Waals surface area contributed by atoms with E-state index < -0.39 is 5.60 Å². The Bertz CT molecular complexity index is 96.4. The van der Waals surface area contributed by atoms with Gasteiger partial charge in [-0.2, -0.15) is 0 Å². The first-order chi connectivity index (χ1) is 5.56. The summed E-state index contributed by atoms with van der Waals surface area (Å²) in [6.07, 6.45) is 1.03. The second-order valence-corrected chi connectivity index (χ2v) is 3.48. The third kappa shape index (κ3) is 9.88. The molecule has 0 saturated carbocycles. The summed E-state index contributed by atoms with van der Waals surface area (Å²) in [5, 5.41) is 9.25. The smallest absolute Gasteiger partial charge is 0.0824 e. The Labute approximate surface area is 74.7 Å². The molecule has 74 valence electrons. The molecule has 0 atom stereocenters. The maximum absolute atomic E-state index is 9.25. The molecule has 0 aliphatic heterocycles. The zero-order valence-corrected chi connectivity index (χ0v) is 8.30. The van der Waals surface area contributed by atoms with E-state index in [1.165, 1.54) is 0 Å². The van der Waals surface area contributed by atoms with Crippen molar-refractivity contribution < 1.29 is 14.6 Å². The molecule has 3 heteroatoms. The summed E-state index contributed by atoms with van der Waals surface area (Å²) in [6, 6.07) is 0. The Morgan fingerprint density at radius 1 is 1.08 bits per heavy atom. The molecular formula is C9H20O3. The molecule has 12 heavy (non-hydrogen) atoms. The van der Waals surface area contributed by atoms with Crippen molar-refractivity contribution in [2.24, 2.45) is 0 Å². The standard InChI is InChI=1S/C9H20O3/c1-4-5-11-6-7-12-8-9(2,3)10/h10H,4-8H2,1-3H3. The minimum atomic E-state index is -0.731. The molecule has 0 fully saturated rings. The number of hydrogen-bond acceptors (Lipinski definition) is 3. The van der Waals surface area contributed by atoms with Gasteiger partial charge in [-0.15, -0.1) is 0 Å². The highest BCUT2D eigenvalue weighted by molar-refractivity contribution is 4.62. The van der Waals surface area contributed by atoms with Gasteiger partial charge in [-0.3, -0.25) is 0 Å². The van der Waals surface area contributed by atoms with E-state index in [9.17, 15) is 5.11 Å². The van der Waals surface area contributed by atoms with Gasteiger partial charge in [-0.25, -0.2) is 0 Å². The molecule has 1 N–H and O–H groups in total. The van der Waals surface area contributed by atoms with Crippen molar-refractivity contribution in [3.63, 3.8) is 0 Å². The monoisotopic (exact) mass is 176 g/mol. The lowest BCUT2D eigenvalue weighted by Gasteiger charge is -2.16. The van der Waals surface area contributed by atoms with E-state index in [0.29, 0.717) is 19.8 Å². The van der Waals surface area contributed by atoms with Crippen LogP contribution in [0.2, 0.25) is 0 Å². The highest BCUT2D eigenvalue weighted by Gasteiger charge is 2.11. The molecule has 0 amide bonds. The first-order valence-electron chi connectivity index (χ1n) is 4.44. The van der Waals surface area contributed by atoms with Crippen molar-refractivity contribution in [3.05, 3.63) is 0 Å². The van der Waals surface area contributed by atoms with Crippen LogP contribution in [0.3, 0.4) is 0 Å². The summed E-state index contributed by atoms with van der Waals surface area (Å²) in [5.41, 5.74) is -0.731. The molecule has 0 spiro atoms. The number of aliphatic hydroxyl groups is 1. The van der Waals surface area contributed by atoms with Gasteiger partial charge in [-0.05, 0) is 20.3 Å². The Balaban J connectivity index is 3.01. The molecule has 0 rings (SSSR count). The van der Waals surface area contributed by atoms with E-state index in [2.05, 4.69) is 6.92 Å². The largest absolute Gasteiger partial charge is 0.388 e. The Morgan fingerprint density at radius 3 is 2.17 bits per heavy atom. The Kier molecular flexibility index (Phi) is 6.34. The molecule has 0 aromatic heterocycles. The fraction of sp³-hybridized carbons (Fsp3) is 1.00. The topological polar surface area (TPSA) is 38.7 Å². The van der Waals surface area contributed by atoms with Crippen LogP contribution in [0.4, 0.5) is 0 Å². The Hall–Kier alpha value is -0.120. The summed E-state index contributed by atoms with van der Waals surface area (Å²) < 4.78 is 10.4. The van der Waals surface area contributed by atoms with E-state index in [1.807, 2.05) is 0 Å². The van der Waals surface area contributed by atoms with Crippen molar-refractivity contribution in [1.29, 1.82) is 0 Å². The maximum Gasteiger partial charge on any atom is 0.0824 e. The summed E-state index contributed by atoms with van der Waals surface area (Å²) in [7, 11) is 0. The van der Waals surface area contributed by atoms with Crippen molar-refractivity contribution in [2.75, 3.05) is 26.4 Å². The first-order valence-corrected chi connectivity index (χ1v) is 4.44. The molecule has 0 radical (unpaired) electrons. The lowest BCUT2D eigenvalue weighted by atomic mass is 10.2. The summed E-state index contributed by atoms with van der Waals surface area (Å²) in [5.74, 6) is 0. The summed E-state index contributed by atoms with van der Waals surface area (Å²) in [6.45, 7) is 7.83. The van der Waals surface area contributed by atoms with E-state index in [0.717, 1.165) is 13.0 Å². The Morgan fingerprint density at radius 2 is 1.67 bits per heavy atom. The van der Waals surface area contributed by atoms with E-state index in [1.54, 1.807) is 13.8 Å². The molecule has 0 heterocycles. The molecule has 0 aromatic rings. The van der Waals surface area contributed by atoms with Crippen LogP contribution in [0.5, 0.6) is 0 Å². The average Bonchev–Trinajstić information content (AvgIpc) is 1.94. The van der Waals surface area contributed by atoms with Gasteiger partial charge in [0.05, 0.1) is 25.4 Å². The van der Waals surface area contributed by atoms with Gasteiger partial charge in [0.15, 0.2) is 0 Å². The van der Waals surface area contributed by atoms with Crippen LogP contribution < -0.4 is 0 Å². The SMILES string of the molecule is CCCOCCOCC(C)(C)O. The van der Waals surface area contributed by atoms with Gasteiger partial charge in [-0.1, -0.05) is 6.92 Å². The van der Waals surface area contributed by atoms with Gasteiger partial charge < -0.3 is 14.6 Å². The quantitative estimate of drug-likeness (QED) is 0.592. The minimum Gasteiger partial charge on any atom is -0.388 e. The van der Waals surface area contributed by atoms with Crippen LogP contribution in [0.1, 0.15) is 27.2 Å². The lowest BCUT2D eigenvalue weighted by Crippen LogP contribution is -2.26. The normalized spacial score (nSPS) is 12.0. The van der Waals surface area contributed by atoms with E-state index in [-0.39, 0.29) is 0 Å². The average molecular weight is 176 g/mol. The highest BCUT2D eigenvalue weighted by atomic mass is 16.5. The fourth-order valence-corrected chi connectivity index (χ4v) is 0.686. The third-order valence-electron chi connectivity index (χ3n) is 1.18. The molecule has 0 unspecified atom stereocenters. The first kappa shape index (κ1) is 11.9. The van der Waals surface area contributed by atoms with Gasteiger partial charge >= 0.3 is 0 Å². The van der Waals surface area contributed by atoms with Crippen molar-refractivity contribution >= 4 is 0 Å². The number of hydrogen-bond donors (Lipinski definition) is 1. The molecule has 0 saturated heterocycles. The van der Waals surface area contributed by atoms with Gasteiger partial charge in [0.2, 0.25) is 0 Å². The van der Waals surface area contributed by atoms with Crippen LogP contribution in [0.25, 0.3) is 0 Å². The summed E-state index contributed by atoms with van der Waals surface area (Å²) >= 11 is 0. The van der Waals surface area contributed by atoms with Gasteiger partial charge in [0.25, 0.3) is 0 Å². The van der Waals surface area contributed by atoms with E-state index >= 15 is 0 Å². The molecule has 0 aliphatic carbocycles. The van der Waals surface area contributed by atoms with Crippen molar-refractivity contribution in [2.45, 2.75) is 32.8 Å². The molecule has 3 nitrogen and oxygen atoms in total. The summed E-state index contributed by atoms with van der Waals surface area (Å²) in [4.78, 5) is 0. The van der Waals surface area contributed by atoms with Crippen LogP contribution >= 0.6 is 0 Å². The van der Waals surface area contributed by atoms with Crippen LogP contribution in [-0.4, -0.2) is 37.1 Å². The molecule has 0 bridgehead atoms. The minimum absolute atomic E-state index is 0.364. The fourth-order valence-electron chi connectivity index (χ4n) is 0.686. The highest BCUT2D eigenvalue weighted by Crippen LogP contribution is 2.00. The molecule has 0 aromatic carbocycles. The number of rotatable bonds is 7. The van der Waals surface area contributed by atoms with Crippen LogP contribution in [0.15, 0.2) is 0 Å². The van der Waals surface area contributed by atoms with E-state index in [4.69, 9.17) is 9.47 Å². The predicted octanol–water partition coefficient (Wildman–Crippen LogP) is 1.20. The third-order valence-corrected chi connectivity index (χ3v) is 1.18. The van der Waals surface area contributed by atoms with Crippen molar-refractivity contribution in [1.82, 2.24) is 0 Å². The predicted molar refractivity (Wildman–Crippen MR) is 48.2 cm³/mol. The molecule has 0 aliphatic rings. The second-order valence-electron chi connectivity index (χ2n) is 3.48. The van der Waals surface area contributed by atoms with Gasteiger partial charge in [0, 0.05) is 6.61 Å². The number of ether oxygens (including phenoxy) is 2.